The molecule has 1 N–H and O–H groups in total. The van der Waals surface area contributed by atoms with Gasteiger partial charge < -0.3 is 14.2 Å². The molecule has 0 aliphatic heterocycles. The van der Waals surface area contributed by atoms with E-state index in [4.69, 9.17) is 9.05 Å². The van der Waals surface area contributed by atoms with Gasteiger partial charge in [-0.25, -0.2) is 0 Å². The third kappa shape index (κ3) is 31.1. The fraction of sp³-hybridized carbons (Fsp3) is 0.882. The highest BCUT2D eigenvalue weighted by atomic mass is 31.2. The molecule has 5 heteroatoms. The van der Waals surface area contributed by atoms with Gasteiger partial charge in [0, 0.05) is 0 Å². The van der Waals surface area contributed by atoms with Crippen LogP contribution in [0.4, 0.5) is 0 Å². The minimum Gasteiger partial charge on any atom is -0.507 e. The number of aromatic hydroxyl groups is 1. The predicted octanol–water partition coefficient (Wildman–Crippen LogP) is 18.3. The highest BCUT2D eigenvalue weighted by molar-refractivity contribution is 7.53. The molecule has 0 heterocycles. The molecule has 330 valence electrons. The molecule has 0 saturated carbocycles. The highest BCUT2D eigenvalue weighted by Crippen LogP contribution is 2.52. The Morgan fingerprint density at radius 2 is 0.643 bits per heavy atom. The van der Waals surface area contributed by atoms with Gasteiger partial charge in [0.1, 0.15) is 5.75 Å². The predicted molar refractivity (Wildman–Crippen MR) is 248 cm³/mol. The summed E-state index contributed by atoms with van der Waals surface area (Å²) in [5, 5.41) is 11.1. The van der Waals surface area contributed by atoms with Gasteiger partial charge in [-0.2, -0.15) is 0 Å². The summed E-state index contributed by atoms with van der Waals surface area (Å²) in [4.78, 5) is 0. The van der Waals surface area contributed by atoms with Crippen LogP contribution >= 0.6 is 7.60 Å². The Morgan fingerprint density at radius 3 is 0.911 bits per heavy atom. The molecule has 4 nitrogen and oxygen atoms in total. The van der Waals surface area contributed by atoms with Crippen LogP contribution in [-0.2, 0) is 32.6 Å². The SMILES string of the molecule is CCCCCCCCCCCCCCCCCCOP(=O)(Cc1cc(CCCC)c(O)c(CCCC)c1)OCCCCCCCCCCCCCCCCCC. The van der Waals surface area contributed by atoms with Crippen LogP contribution < -0.4 is 0 Å². The van der Waals surface area contributed by atoms with Crippen LogP contribution in [-0.4, -0.2) is 18.3 Å². The van der Waals surface area contributed by atoms with Gasteiger partial charge in [0.25, 0.3) is 0 Å². The first-order chi connectivity index (χ1) is 27.5. The van der Waals surface area contributed by atoms with Crippen molar-refractivity contribution in [3.8, 4) is 5.75 Å². The standard InChI is InChI=1S/C51H97O4P/c1-5-9-13-15-17-19-21-23-25-27-29-31-33-35-37-39-43-54-56(53,47-48-45-49(41-11-7-3)51(52)50(46-48)42-12-8-4)55-44-40-38-36-34-32-30-28-26-24-22-20-18-16-14-10-6-2/h45-46,52H,5-44,47H2,1-4H3. The molecule has 56 heavy (non-hydrogen) atoms. The first-order valence-electron chi connectivity index (χ1n) is 25.2. The Hall–Kier alpha value is -0.830. The summed E-state index contributed by atoms with van der Waals surface area (Å²) in [6.07, 6.45) is 48.9. The van der Waals surface area contributed by atoms with E-state index in [1.165, 1.54) is 180 Å². The lowest BCUT2D eigenvalue weighted by molar-refractivity contribution is 0.196. The number of rotatable bonds is 44. The molecule has 0 spiro atoms. The van der Waals surface area contributed by atoms with Crippen molar-refractivity contribution in [3.63, 3.8) is 0 Å². The van der Waals surface area contributed by atoms with Crippen LogP contribution in [0.3, 0.4) is 0 Å². The van der Waals surface area contributed by atoms with Crippen molar-refractivity contribution in [1.29, 1.82) is 0 Å². The number of hydrogen-bond donors (Lipinski definition) is 1. The summed E-state index contributed by atoms with van der Waals surface area (Å²) in [7, 11) is -3.31. The smallest absolute Gasteiger partial charge is 0.335 e. The normalized spacial score (nSPS) is 11.9. The lowest BCUT2D eigenvalue weighted by Crippen LogP contribution is -2.04. The Bertz CT molecular complexity index is 954. The maximum atomic E-state index is 14.3. The second kappa shape index (κ2) is 39.6. The molecular weight excluding hydrogens is 708 g/mol. The van der Waals surface area contributed by atoms with Crippen LogP contribution in [0.1, 0.15) is 276 Å². The summed E-state index contributed by atoms with van der Waals surface area (Å²) in [5.74, 6) is 0.439. The zero-order valence-electron chi connectivity index (χ0n) is 38.3. The Kier molecular flexibility index (Phi) is 37.6. The zero-order valence-corrected chi connectivity index (χ0v) is 39.2. The van der Waals surface area contributed by atoms with Crippen molar-refractivity contribution in [2.24, 2.45) is 0 Å². The van der Waals surface area contributed by atoms with E-state index in [2.05, 4.69) is 39.8 Å². The number of aryl methyl sites for hydroxylation is 2. The minimum atomic E-state index is -3.31. The van der Waals surface area contributed by atoms with Gasteiger partial charge >= 0.3 is 7.60 Å². The van der Waals surface area contributed by atoms with Crippen LogP contribution in [0.5, 0.6) is 5.75 Å². The third-order valence-electron chi connectivity index (χ3n) is 11.9. The molecule has 0 amide bonds. The van der Waals surface area contributed by atoms with Gasteiger partial charge in [-0.15, -0.1) is 0 Å². The van der Waals surface area contributed by atoms with Crippen LogP contribution in [0.2, 0.25) is 0 Å². The van der Waals surface area contributed by atoms with Gasteiger partial charge in [-0.1, -0.05) is 245 Å². The monoisotopic (exact) mass is 805 g/mol. The Labute approximate surface area is 350 Å². The van der Waals surface area contributed by atoms with E-state index < -0.39 is 7.60 Å². The number of benzene rings is 1. The summed E-state index contributed by atoms with van der Waals surface area (Å²) in [5.41, 5.74) is 2.96. The van der Waals surface area contributed by atoms with Crippen molar-refractivity contribution in [2.75, 3.05) is 13.2 Å². The van der Waals surface area contributed by atoms with E-state index >= 15 is 0 Å². The second-order valence-electron chi connectivity index (χ2n) is 17.5. The first kappa shape index (κ1) is 53.2. The average Bonchev–Trinajstić information content (AvgIpc) is 3.19. The Morgan fingerprint density at radius 1 is 0.393 bits per heavy atom. The molecule has 0 unspecified atom stereocenters. The summed E-state index contributed by atoms with van der Waals surface area (Å²) >= 11 is 0. The summed E-state index contributed by atoms with van der Waals surface area (Å²) in [6.45, 7) is 9.95. The fourth-order valence-corrected chi connectivity index (χ4v) is 9.80. The molecule has 0 aliphatic carbocycles. The molecule has 0 aliphatic rings. The molecule has 0 bridgehead atoms. The van der Waals surface area contributed by atoms with Gasteiger partial charge in [-0.3, -0.25) is 4.57 Å². The quantitative estimate of drug-likeness (QED) is 0.0527. The molecular formula is C51H97O4P. The molecule has 1 rings (SSSR count). The van der Waals surface area contributed by atoms with Crippen LogP contribution in [0.15, 0.2) is 12.1 Å². The van der Waals surface area contributed by atoms with Crippen molar-refractivity contribution in [2.45, 2.75) is 278 Å². The van der Waals surface area contributed by atoms with E-state index in [9.17, 15) is 9.67 Å². The molecule has 0 atom stereocenters. The fourth-order valence-electron chi connectivity index (χ4n) is 8.10. The molecule has 0 saturated heterocycles. The number of phenols is 1. The average molecular weight is 805 g/mol. The number of phenolic OH excluding ortho intramolecular Hbond substituents is 1. The Balaban J connectivity index is 2.45. The molecule has 0 aromatic heterocycles. The van der Waals surface area contributed by atoms with Crippen molar-refractivity contribution >= 4 is 7.60 Å². The van der Waals surface area contributed by atoms with E-state index in [-0.39, 0.29) is 0 Å². The van der Waals surface area contributed by atoms with Crippen molar-refractivity contribution < 1.29 is 18.7 Å². The number of hydrogen-bond acceptors (Lipinski definition) is 4. The van der Waals surface area contributed by atoms with E-state index in [0.717, 1.165) is 80.9 Å². The molecule has 1 aromatic rings. The van der Waals surface area contributed by atoms with Gasteiger partial charge in [-0.05, 0) is 55.2 Å². The number of unbranched alkanes of at least 4 members (excludes halogenated alkanes) is 32. The topological polar surface area (TPSA) is 55.8 Å². The van der Waals surface area contributed by atoms with Crippen molar-refractivity contribution in [1.82, 2.24) is 0 Å². The minimum absolute atomic E-state index is 0.295. The maximum Gasteiger partial charge on any atom is 0.335 e. The zero-order chi connectivity index (χ0) is 40.6. The summed E-state index contributed by atoms with van der Waals surface area (Å²) < 4.78 is 26.8. The van der Waals surface area contributed by atoms with Crippen molar-refractivity contribution in [3.05, 3.63) is 28.8 Å². The highest BCUT2D eigenvalue weighted by Gasteiger charge is 2.26. The largest absolute Gasteiger partial charge is 0.507 e. The van der Waals surface area contributed by atoms with E-state index in [1.807, 2.05) is 0 Å². The van der Waals surface area contributed by atoms with Gasteiger partial charge in [0.2, 0.25) is 0 Å². The van der Waals surface area contributed by atoms with E-state index in [1.54, 1.807) is 0 Å². The molecule has 1 aromatic carbocycles. The lowest BCUT2D eigenvalue weighted by Gasteiger charge is -2.20. The van der Waals surface area contributed by atoms with E-state index in [0.29, 0.717) is 25.1 Å². The van der Waals surface area contributed by atoms with Gasteiger partial charge in [0.15, 0.2) is 0 Å². The molecule has 0 fully saturated rings. The van der Waals surface area contributed by atoms with Crippen LogP contribution in [0.25, 0.3) is 0 Å². The second-order valence-corrected chi connectivity index (χ2v) is 19.6. The maximum absolute atomic E-state index is 14.3. The van der Waals surface area contributed by atoms with Gasteiger partial charge in [0.05, 0.1) is 19.4 Å². The first-order valence-corrected chi connectivity index (χ1v) is 26.9. The molecule has 0 radical (unpaired) electrons. The summed E-state index contributed by atoms with van der Waals surface area (Å²) in [6, 6.07) is 4.15. The van der Waals surface area contributed by atoms with Crippen LogP contribution in [0, 0.1) is 0 Å². The third-order valence-corrected chi connectivity index (χ3v) is 13.8. The lowest BCUT2D eigenvalue weighted by atomic mass is 9.97.